The molecule has 0 spiro atoms. The number of carbonyl (C=O) groups is 2. The van der Waals surface area contributed by atoms with Crippen molar-refractivity contribution in [1.29, 1.82) is 0 Å². The number of aliphatic hydroxyl groups is 1. The lowest BCUT2D eigenvalue weighted by Gasteiger charge is -2.27. The summed E-state index contributed by atoms with van der Waals surface area (Å²) >= 11 is 0. The molecule has 0 unspecified atom stereocenters. The fraction of sp³-hybridized carbons (Fsp3) is 0.462. The second-order valence-electron chi connectivity index (χ2n) is 4.45. The minimum Gasteiger partial charge on any atom is -0.464 e. The number of aliphatic hydroxyl groups excluding tert-OH is 1. The van der Waals surface area contributed by atoms with E-state index in [0.29, 0.717) is 18.1 Å². The fourth-order valence-corrected chi connectivity index (χ4v) is 1.76. The summed E-state index contributed by atoms with van der Waals surface area (Å²) in [6, 6.07) is 2.96. The van der Waals surface area contributed by atoms with Gasteiger partial charge in [0.25, 0.3) is 0 Å². The standard InChI is InChI=1S/C13H17N3O5/c1-20-13(19)10-3-2-9(15-11(18)7-17)12(16-10)14-6-8-4-5-21-8/h2-3,8,17H,4-7H2,1H3,(H,14,16)(H,15,18)/t8-/m0/s1. The Kier molecular flexibility index (Phi) is 5.07. The van der Waals surface area contributed by atoms with Crippen LogP contribution < -0.4 is 10.6 Å². The Morgan fingerprint density at radius 3 is 2.86 bits per heavy atom. The van der Waals surface area contributed by atoms with Gasteiger partial charge in [0.15, 0.2) is 11.5 Å². The van der Waals surface area contributed by atoms with Gasteiger partial charge in [-0.3, -0.25) is 4.79 Å². The number of ether oxygens (including phenoxy) is 2. The van der Waals surface area contributed by atoms with Crippen LogP contribution in [0.5, 0.6) is 0 Å². The van der Waals surface area contributed by atoms with E-state index >= 15 is 0 Å². The molecule has 2 heterocycles. The number of pyridine rings is 1. The van der Waals surface area contributed by atoms with Crippen LogP contribution in [0.25, 0.3) is 0 Å². The molecular formula is C13H17N3O5. The smallest absolute Gasteiger partial charge is 0.356 e. The average molecular weight is 295 g/mol. The van der Waals surface area contributed by atoms with Crippen LogP contribution in [0.1, 0.15) is 16.9 Å². The Hall–Kier alpha value is -2.19. The lowest BCUT2D eigenvalue weighted by Crippen LogP contribution is -2.34. The third kappa shape index (κ3) is 3.89. The van der Waals surface area contributed by atoms with Crippen molar-refractivity contribution in [1.82, 2.24) is 4.98 Å². The van der Waals surface area contributed by atoms with Crippen LogP contribution in [0.15, 0.2) is 12.1 Å². The number of hydrogen-bond donors (Lipinski definition) is 3. The molecule has 0 saturated carbocycles. The Labute approximate surface area is 121 Å². The van der Waals surface area contributed by atoms with Gasteiger partial charge in [-0.25, -0.2) is 9.78 Å². The highest BCUT2D eigenvalue weighted by atomic mass is 16.5. The maximum Gasteiger partial charge on any atom is 0.356 e. The molecule has 114 valence electrons. The zero-order chi connectivity index (χ0) is 15.2. The predicted octanol–water partition coefficient (Wildman–Crippen LogP) is -0.000200. The molecule has 8 nitrogen and oxygen atoms in total. The molecule has 1 aliphatic rings. The quantitative estimate of drug-likeness (QED) is 0.634. The third-order valence-corrected chi connectivity index (χ3v) is 3.00. The Balaban J connectivity index is 2.16. The number of esters is 1. The van der Waals surface area contributed by atoms with Crippen LogP contribution in [0, 0.1) is 0 Å². The molecule has 0 radical (unpaired) electrons. The van der Waals surface area contributed by atoms with E-state index in [9.17, 15) is 9.59 Å². The third-order valence-electron chi connectivity index (χ3n) is 3.00. The highest BCUT2D eigenvalue weighted by Gasteiger charge is 2.19. The summed E-state index contributed by atoms with van der Waals surface area (Å²) in [5.74, 6) is -0.807. The number of nitrogens with one attached hydrogen (secondary N) is 2. The van der Waals surface area contributed by atoms with Crippen LogP contribution in [-0.2, 0) is 14.3 Å². The van der Waals surface area contributed by atoms with Crippen LogP contribution in [0.3, 0.4) is 0 Å². The lowest BCUT2D eigenvalue weighted by molar-refractivity contribution is -0.118. The second-order valence-corrected chi connectivity index (χ2v) is 4.45. The molecular weight excluding hydrogens is 278 g/mol. The number of anilines is 2. The molecule has 1 saturated heterocycles. The van der Waals surface area contributed by atoms with Crippen molar-refractivity contribution in [3.63, 3.8) is 0 Å². The van der Waals surface area contributed by atoms with Gasteiger partial charge in [0.05, 0.1) is 18.9 Å². The van der Waals surface area contributed by atoms with E-state index in [2.05, 4.69) is 20.4 Å². The van der Waals surface area contributed by atoms with Crippen LogP contribution in [-0.4, -0.2) is 54.9 Å². The maximum atomic E-state index is 11.5. The fourth-order valence-electron chi connectivity index (χ4n) is 1.76. The van der Waals surface area contributed by atoms with Crippen molar-refractivity contribution in [2.24, 2.45) is 0 Å². The summed E-state index contributed by atoms with van der Waals surface area (Å²) in [4.78, 5) is 26.9. The van der Waals surface area contributed by atoms with Gasteiger partial charge in [-0.1, -0.05) is 0 Å². The first-order valence-corrected chi connectivity index (χ1v) is 6.49. The van der Waals surface area contributed by atoms with Crippen molar-refractivity contribution in [2.75, 3.05) is 37.5 Å². The number of carbonyl (C=O) groups excluding carboxylic acids is 2. The van der Waals surface area contributed by atoms with Crippen LogP contribution in [0.2, 0.25) is 0 Å². The van der Waals surface area contributed by atoms with Gasteiger partial charge in [-0.05, 0) is 18.6 Å². The number of methoxy groups -OCH3 is 1. The summed E-state index contributed by atoms with van der Waals surface area (Å²) in [6.45, 7) is 0.611. The monoisotopic (exact) mass is 295 g/mol. The number of rotatable bonds is 6. The first-order chi connectivity index (χ1) is 10.1. The minimum absolute atomic E-state index is 0.0926. The summed E-state index contributed by atoms with van der Waals surface area (Å²) in [6.07, 6.45) is 1.04. The number of nitrogens with zero attached hydrogens (tertiary/aromatic N) is 1. The molecule has 1 amide bonds. The SMILES string of the molecule is COC(=O)c1ccc(NC(=O)CO)c(NC[C@@H]2CCO2)n1. The van der Waals surface area contributed by atoms with E-state index in [-0.39, 0.29) is 11.8 Å². The molecule has 1 aromatic heterocycles. The molecule has 21 heavy (non-hydrogen) atoms. The van der Waals surface area contributed by atoms with Crippen molar-refractivity contribution in [2.45, 2.75) is 12.5 Å². The Morgan fingerprint density at radius 2 is 2.29 bits per heavy atom. The topological polar surface area (TPSA) is 110 Å². The zero-order valence-corrected chi connectivity index (χ0v) is 11.6. The molecule has 3 N–H and O–H groups in total. The second kappa shape index (κ2) is 7.00. The first-order valence-electron chi connectivity index (χ1n) is 6.49. The number of hydrogen-bond acceptors (Lipinski definition) is 7. The molecule has 0 bridgehead atoms. The minimum atomic E-state index is -0.635. The maximum absolute atomic E-state index is 11.5. The van der Waals surface area contributed by atoms with Gasteiger partial charge < -0.3 is 25.2 Å². The van der Waals surface area contributed by atoms with Gasteiger partial charge in [-0.2, -0.15) is 0 Å². The largest absolute Gasteiger partial charge is 0.464 e. The molecule has 1 aromatic rings. The predicted molar refractivity (Wildman–Crippen MR) is 74.1 cm³/mol. The van der Waals surface area contributed by atoms with Crippen molar-refractivity contribution >= 4 is 23.4 Å². The summed E-state index contributed by atoms with van der Waals surface area (Å²) in [5.41, 5.74) is 0.498. The van der Waals surface area contributed by atoms with Gasteiger partial charge in [0, 0.05) is 13.2 Å². The summed E-state index contributed by atoms with van der Waals surface area (Å²) in [5, 5.41) is 14.3. The van der Waals surface area contributed by atoms with Crippen LogP contribution in [0.4, 0.5) is 11.5 Å². The van der Waals surface area contributed by atoms with Crippen LogP contribution >= 0.6 is 0 Å². The molecule has 2 rings (SSSR count). The Bertz CT molecular complexity index is 531. The van der Waals surface area contributed by atoms with Crippen molar-refractivity contribution in [3.05, 3.63) is 17.8 Å². The number of aromatic nitrogens is 1. The van der Waals surface area contributed by atoms with E-state index in [1.54, 1.807) is 0 Å². The first kappa shape index (κ1) is 15.2. The molecule has 1 fully saturated rings. The molecule has 8 heteroatoms. The van der Waals surface area contributed by atoms with E-state index in [4.69, 9.17) is 9.84 Å². The van der Waals surface area contributed by atoms with E-state index < -0.39 is 18.5 Å². The average Bonchev–Trinajstić information content (AvgIpc) is 2.46. The highest BCUT2D eigenvalue weighted by molar-refractivity contribution is 5.95. The highest BCUT2D eigenvalue weighted by Crippen LogP contribution is 2.21. The lowest BCUT2D eigenvalue weighted by atomic mass is 10.2. The van der Waals surface area contributed by atoms with Gasteiger partial charge in [0.2, 0.25) is 5.91 Å². The van der Waals surface area contributed by atoms with E-state index in [1.165, 1.54) is 19.2 Å². The van der Waals surface area contributed by atoms with E-state index in [0.717, 1.165) is 13.0 Å². The van der Waals surface area contributed by atoms with Gasteiger partial charge in [0.1, 0.15) is 6.61 Å². The number of amides is 1. The summed E-state index contributed by atoms with van der Waals surface area (Å²) in [7, 11) is 1.26. The molecule has 0 aliphatic carbocycles. The molecule has 1 atom stereocenters. The van der Waals surface area contributed by atoms with Crippen molar-refractivity contribution in [3.8, 4) is 0 Å². The zero-order valence-electron chi connectivity index (χ0n) is 11.6. The normalized spacial score (nSPS) is 16.8. The summed E-state index contributed by atoms with van der Waals surface area (Å²) < 4.78 is 9.89. The molecule has 0 aromatic carbocycles. The Morgan fingerprint density at radius 1 is 1.52 bits per heavy atom. The van der Waals surface area contributed by atoms with Crippen molar-refractivity contribution < 1.29 is 24.2 Å². The molecule has 1 aliphatic heterocycles. The van der Waals surface area contributed by atoms with Gasteiger partial charge >= 0.3 is 5.97 Å². The van der Waals surface area contributed by atoms with Gasteiger partial charge in [-0.15, -0.1) is 0 Å². The van der Waals surface area contributed by atoms with E-state index in [1.807, 2.05) is 0 Å².